The zero-order chi connectivity index (χ0) is 26.0. The maximum atomic E-state index is 12.7. The number of allylic oxidation sites excluding steroid dienone is 1. The monoisotopic (exact) mass is 499 g/mol. The van der Waals surface area contributed by atoms with Gasteiger partial charge in [0.2, 0.25) is 0 Å². The molecule has 1 amide bonds. The molecule has 0 aliphatic carbocycles. The summed E-state index contributed by atoms with van der Waals surface area (Å²) in [5.41, 5.74) is 3.60. The minimum atomic E-state index is -0.164. The standard InChI is InChI=1S/C30H33N3O4/c1-4-10-22-15-16-27(28(21-22)36-3)37-20-9-19-33-25-13-7-6-12-24(25)32-29(33)17-18-31-30(34)23-11-5-8-14-26(23)35-2/h4-8,10-16,21H,9,17-20H2,1-3H3,(H,31,34)/b10-4+. The predicted molar refractivity (Wildman–Crippen MR) is 147 cm³/mol. The van der Waals surface area contributed by atoms with Gasteiger partial charge in [-0.1, -0.05) is 42.5 Å². The molecule has 0 fully saturated rings. The number of carbonyl (C=O) groups excluding carboxylic acids is 1. The molecule has 4 aromatic rings. The topological polar surface area (TPSA) is 74.6 Å². The lowest BCUT2D eigenvalue weighted by atomic mass is 10.2. The fourth-order valence-electron chi connectivity index (χ4n) is 4.29. The summed E-state index contributed by atoms with van der Waals surface area (Å²) >= 11 is 0. The van der Waals surface area contributed by atoms with Gasteiger partial charge >= 0.3 is 0 Å². The van der Waals surface area contributed by atoms with Crippen molar-refractivity contribution in [3.8, 4) is 17.2 Å². The Balaban J connectivity index is 1.39. The van der Waals surface area contributed by atoms with Crippen LogP contribution in [0.15, 0.2) is 72.8 Å². The van der Waals surface area contributed by atoms with Gasteiger partial charge < -0.3 is 24.1 Å². The zero-order valence-electron chi connectivity index (χ0n) is 21.6. The van der Waals surface area contributed by atoms with E-state index in [4.69, 9.17) is 19.2 Å². The molecule has 4 rings (SSSR count). The van der Waals surface area contributed by atoms with Crippen LogP contribution in [0.4, 0.5) is 0 Å². The minimum Gasteiger partial charge on any atom is -0.496 e. The van der Waals surface area contributed by atoms with Crippen molar-refractivity contribution >= 4 is 23.0 Å². The highest BCUT2D eigenvalue weighted by Crippen LogP contribution is 2.29. The zero-order valence-corrected chi connectivity index (χ0v) is 21.6. The molecule has 0 radical (unpaired) electrons. The first-order valence-corrected chi connectivity index (χ1v) is 12.4. The lowest BCUT2D eigenvalue weighted by Gasteiger charge is -2.13. The Kier molecular flexibility index (Phi) is 8.81. The van der Waals surface area contributed by atoms with Gasteiger partial charge in [-0.05, 0) is 55.3 Å². The smallest absolute Gasteiger partial charge is 0.255 e. The van der Waals surface area contributed by atoms with Crippen LogP contribution in [0, 0.1) is 0 Å². The number of nitrogens with one attached hydrogen (secondary N) is 1. The van der Waals surface area contributed by atoms with Crippen molar-refractivity contribution in [2.75, 3.05) is 27.4 Å². The molecule has 1 aromatic heterocycles. The SMILES string of the molecule is C/C=C/c1ccc(OCCCn2c(CCNC(=O)c3ccccc3OC)nc3ccccc32)c(OC)c1. The Morgan fingerprint density at radius 2 is 1.76 bits per heavy atom. The first-order chi connectivity index (χ1) is 18.1. The van der Waals surface area contributed by atoms with Crippen LogP contribution in [0.5, 0.6) is 17.2 Å². The molecule has 1 heterocycles. The molecule has 0 atom stereocenters. The molecule has 0 saturated heterocycles. The molecule has 0 aliphatic heterocycles. The molecule has 0 aliphatic rings. The molecule has 7 heteroatoms. The fourth-order valence-corrected chi connectivity index (χ4v) is 4.29. The van der Waals surface area contributed by atoms with Gasteiger partial charge in [0, 0.05) is 19.5 Å². The molecular formula is C30H33N3O4. The van der Waals surface area contributed by atoms with Crippen LogP contribution in [0.1, 0.15) is 35.1 Å². The number of methoxy groups -OCH3 is 2. The van der Waals surface area contributed by atoms with E-state index in [1.165, 1.54) is 0 Å². The molecule has 1 N–H and O–H groups in total. The van der Waals surface area contributed by atoms with E-state index in [1.54, 1.807) is 26.4 Å². The third kappa shape index (κ3) is 6.30. The highest BCUT2D eigenvalue weighted by atomic mass is 16.5. The maximum absolute atomic E-state index is 12.7. The maximum Gasteiger partial charge on any atom is 0.255 e. The number of nitrogens with zero attached hydrogens (tertiary/aromatic N) is 2. The summed E-state index contributed by atoms with van der Waals surface area (Å²) in [6, 6.07) is 21.2. The molecule has 7 nitrogen and oxygen atoms in total. The van der Waals surface area contributed by atoms with Crippen LogP contribution in [0.3, 0.4) is 0 Å². The van der Waals surface area contributed by atoms with Gasteiger partial charge in [-0.25, -0.2) is 4.98 Å². The number of amides is 1. The molecule has 3 aromatic carbocycles. The Morgan fingerprint density at radius 1 is 0.973 bits per heavy atom. The second-order valence-electron chi connectivity index (χ2n) is 8.49. The lowest BCUT2D eigenvalue weighted by Crippen LogP contribution is -2.27. The largest absolute Gasteiger partial charge is 0.496 e. The van der Waals surface area contributed by atoms with Crippen LogP contribution < -0.4 is 19.5 Å². The van der Waals surface area contributed by atoms with Crippen LogP contribution in [0.2, 0.25) is 0 Å². The highest BCUT2D eigenvalue weighted by molar-refractivity contribution is 5.96. The second kappa shape index (κ2) is 12.6. The average molecular weight is 500 g/mol. The van der Waals surface area contributed by atoms with Crippen molar-refractivity contribution in [3.63, 3.8) is 0 Å². The summed E-state index contributed by atoms with van der Waals surface area (Å²) in [7, 11) is 3.21. The molecule has 0 spiro atoms. The van der Waals surface area contributed by atoms with E-state index < -0.39 is 0 Å². The fraction of sp³-hybridized carbons (Fsp3) is 0.267. The van der Waals surface area contributed by atoms with Crippen molar-refractivity contribution < 1.29 is 19.0 Å². The quantitative estimate of drug-likeness (QED) is 0.260. The number of carbonyl (C=O) groups is 1. The summed E-state index contributed by atoms with van der Waals surface area (Å²) in [5.74, 6) is 2.76. The Morgan fingerprint density at radius 3 is 2.57 bits per heavy atom. The van der Waals surface area contributed by atoms with Gasteiger partial charge in [0.15, 0.2) is 11.5 Å². The molecule has 192 valence electrons. The van der Waals surface area contributed by atoms with E-state index in [0.717, 1.165) is 46.9 Å². The van der Waals surface area contributed by atoms with Crippen LogP contribution >= 0.6 is 0 Å². The van der Waals surface area contributed by atoms with Gasteiger partial charge in [-0.3, -0.25) is 4.79 Å². The molecule has 0 saturated carbocycles. The van der Waals surface area contributed by atoms with Crippen molar-refractivity contribution in [1.29, 1.82) is 0 Å². The van der Waals surface area contributed by atoms with E-state index in [-0.39, 0.29) is 5.91 Å². The number of aromatic nitrogens is 2. The number of para-hydroxylation sites is 3. The number of imidazole rings is 1. The highest BCUT2D eigenvalue weighted by Gasteiger charge is 2.14. The first kappa shape index (κ1) is 25.8. The summed E-state index contributed by atoms with van der Waals surface area (Å²) < 4.78 is 19.1. The lowest BCUT2D eigenvalue weighted by molar-refractivity contribution is 0.0951. The Labute approximate surface area is 217 Å². The number of ether oxygens (including phenoxy) is 3. The van der Waals surface area contributed by atoms with E-state index >= 15 is 0 Å². The minimum absolute atomic E-state index is 0.164. The Bertz CT molecular complexity index is 1380. The molecular weight excluding hydrogens is 466 g/mol. The van der Waals surface area contributed by atoms with Gasteiger partial charge in [-0.15, -0.1) is 0 Å². The summed E-state index contributed by atoms with van der Waals surface area (Å²) in [6.45, 7) is 3.73. The number of rotatable bonds is 12. The van der Waals surface area contributed by atoms with Crippen molar-refractivity contribution in [3.05, 3.63) is 89.8 Å². The third-order valence-corrected chi connectivity index (χ3v) is 6.05. The second-order valence-corrected chi connectivity index (χ2v) is 8.49. The predicted octanol–water partition coefficient (Wildman–Crippen LogP) is 5.53. The number of fused-ring (bicyclic) bond motifs is 1. The number of benzene rings is 3. The number of hydrogen-bond acceptors (Lipinski definition) is 5. The van der Waals surface area contributed by atoms with Crippen molar-refractivity contribution in [2.24, 2.45) is 0 Å². The summed E-state index contributed by atoms with van der Waals surface area (Å²) in [6.07, 6.45) is 5.42. The van der Waals surface area contributed by atoms with E-state index in [9.17, 15) is 4.79 Å². The Hall–Kier alpha value is -4.26. The van der Waals surface area contributed by atoms with Gasteiger partial charge in [0.1, 0.15) is 11.6 Å². The molecule has 37 heavy (non-hydrogen) atoms. The van der Waals surface area contributed by atoms with Crippen LogP contribution in [-0.2, 0) is 13.0 Å². The van der Waals surface area contributed by atoms with Crippen LogP contribution in [-0.4, -0.2) is 42.8 Å². The van der Waals surface area contributed by atoms with Crippen molar-refractivity contribution in [2.45, 2.75) is 26.3 Å². The summed E-state index contributed by atoms with van der Waals surface area (Å²) in [5, 5.41) is 2.99. The van der Waals surface area contributed by atoms with E-state index in [1.807, 2.05) is 67.6 Å². The van der Waals surface area contributed by atoms with E-state index in [0.29, 0.717) is 30.9 Å². The normalized spacial score (nSPS) is 11.1. The molecule has 0 bridgehead atoms. The van der Waals surface area contributed by atoms with Crippen LogP contribution in [0.25, 0.3) is 17.1 Å². The number of hydrogen-bond donors (Lipinski definition) is 1. The van der Waals surface area contributed by atoms with E-state index in [2.05, 4.69) is 16.0 Å². The number of aryl methyl sites for hydroxylation is 1. The first-order valence-electron chi connectivity index (χ1n) is 12.4. The molecule has 0 unspecified atom stereocenters. The third-order valence-electron chi connectivity index (χ3n) is 6.05. The van der Waals surface area contributed by atoms with Crippen molar-refractivity contribution in [1.82, 2.24) is 14.9 Å². The van der Waals surface area contributed by atoms with Gasteiger partial charge in [0.05, 0.1) is 37.4 Å². The average Bonchev–Trinajstić information content (AvgIpc) is 3.28. The van der Waals surface area contributed by atoms with Gasteiger partial charge in [-0.2, -0.15) is 0 Å². The van der Waals surface area contributed by atoms with Gasteiger partial charge in [0.25, 0.3) is 5.91 Å². The summed E-state index contributed by atoms with van der Waals surface area (Å²) in [4.78, 5) is 17.5.